The third kappa shape index (κ3) is 5.24. The fraction of sp³-hybridized carbons (Fsp3) is 0.267. The lowest BCUT2D eigenvalue weighted by Crippen LogP contribution is -2.47. The molecule has 1 aromatic carbocycles. The Morgan fingerprint density at radius 3 is 2.47 bits per heavy atom. The van der Waals surface area contributed by atoms with E-state index >= 15 is 0 Å². The molecule has 1 N–H and O–H groups in total. The van der Waals surface area contributed by atoms with Crippen molar-refractivity contribution in [1.82, 2.24) is 29.2 Å². The number of piperazine rings is 1. The van der Waals surface area contributed by atoms with Crippen molar-refractivity contribution >= 4 is 51.5 Å². The van der Waals surface area contributed by atoms with Crippen LogP contribution >= 0.6 is 23.2 Å². The van der Waals surface area contributed by atoms with Crippen molar-refractivity contribution in [3.63, 3.8) is 0 Å². The Balaban J connectivity index is 1.43. The number of hydrogen-bond donors (Lipinski definition) is 1. The van der Waals surface area contributed by atoms with E-state index in [0.29, 0.717) is 75.4 Å². The summed E-state index contributed by atoms with van der Waals surface area (Å²) in [5.41, 5.74) is 3.92. The minimum atomic E-state index is -0.0466. The van der Waals surface area contributed by atoms with Gasteiger partial charge in [0.1, 0.15) is 34.9 Å². The van der Waals surface area contributed by atoms with Crippen LogP contribution in [0.5, 0.6) is 11.5 Å². The second-order valence-electron chi connectivity index (χ2n) is 9.99. The van der Waals surface area contributed by atoms with Gasteiger partial charge in [-0.05, 0) is 12.1 Å². The highest BCUT2D eigenvalue weighted by molar-refractivity contribution is 6.41. The van der Waals surface area contributed by atoms with E-state index in [2.05, 4.69) is 21.8 Å². The van der Waals surface area contributed by atoms with Gasteiger partial charge in [-0.1, -0.05) is 29.8 Å². The minimum Gasteiger partial charge on any atom is -0.495 e. The van der Waals surface area contributed by atoms with Crippen molar-refractivity contribution in [2.45, 2.75) is 6.54 Å². The highest BCUT2D eigenvalue weighted by atomic mass is 35.5. The Labute approximate surface area is 257 Å². The number of pyridine rings is 2. The van der Waals surface area contributed by atoms with Crippen molar-refractivity contribution in [3.8, 4) is 34.2 Å². The average Bonchev–Trinajstić information content (AvgIpc) is 3.69. The maximum atomic E-state index is 11.9. The molecule has 222 valence electrons. The van der Waals surface area contributed by atoms with Crippen LogP contribution in [0.2, 0.25) is 10.0 Å². The number of benzene rings is 1. The first kappa shape index (κ1) is 28.8. The zero-order chi connectivity index (χ0) is 30.2. The van der Waals surface area contributed by atoms with Crippen LogP contribution in [0.4, 0.5) is 5.82 Å². The molecule has 6 rings (SSSR count). The molecule has 1 fully saturated rings. The number of fused-ring (bicyclic) bond motifs is 3. The van der Waals surface area contributed by atoms with Gasteiger partial charge in [0.05, 0.1) is 35.5 Å². The standard InChI is InChI=1S/C30H29Cl2N7O4/c1-5-25(40)38-8-6-37(7-9-38)14-18-16-43-30(35-18)20-15-39-21-11-24(33-2)34-13-17(21)10-19(29(39)36-20)26-27(31)22(41-3)12-23(42-4)28(26)32/h5,10-13,15-16H,1,6-9,14H2,2-4H3,(H,33,34). The van der Waals surface area contributed by atoms with Crippen LogP contribution in [0.25, 0.3) is 39.3 Å². The molecule has 5 heterocycles. The Morgan fingerprint density at radius 2 is 1.81 bits per heavy atom. The smallest absolute Gasteiger partial charge is 0.246 e. The number of carbonyl (C=O) groups is 1. The summed E-state index contributed by atoms with van der Waals surface area (Å²) in [5.74, 6) is 1.86. The number of nitrogens with zero attached hydrogens (tertiary/aromatic N) is 6. The number of nitrogens with one attached hydrogen (secondary N) is 1. The molecule has 0 bridgehead atoms. The van der Waals surface area contributed by atoms with Crippen LogP contribution in [-0.2, 0) is 11.3 Å². The highest BCUT2D eigenvalue weighted by Gasteiger charge is 2.25. The van der Waals surface area contributed by atoms with Crippen LogP contribution < -0.4 is 14.8 Å². The van der Waals surface area contributed by atoms with E-state index in [1.807, 2.05) is 29.8 Å². The predicted molar refractivity (Wildman–Crippen MR) is 166 cm³/mol. The monoisotopic (exact) mass is 621 g/mol. The van der Waals surface area contributed by atoms with Gasteiger partial charge in [0.15, 0.2) is 0 Å². The van der Waals surface area contributed by atoms with Gasteiger partial charge in [-0.3, -0.25) is 14.1 Å². The molecule has 0 aliphatic carbocycles. The normalized spacial score (nSPS) is 13.9. The van der Waals surface area contributed by atoms with Gasteiger partial charge in [0.25, 0.3) is 0 Å². The summed E-state index contributed by atoms with van der Waals surface area (Å²) >= 11 is 13.7. The molecule has 43 heavy (non-hydrogen) atoms. The molecule has 5 aromatic rings. The van der Waals surface area contributed by atoms with E-state index in [0.717, 1.165) is 29.7 Å². The fourth-order valence-electron chi connectivity index (χ4n) is 5.28. The molecule has 1 aliphatic rings. The second kappa shape index (κ2) is 11.8. The molecular weight excluding hydrogens is 593 g/mol. The topological polar surface area (TPSA) is 110 Å². The number of rotatable bonds is 8. The van der Waals surface area contributed by atoms with Gasteiger partial charge in [-0.15, -0.1) is 0 Å². The third-order valence-electron chi connectivity index (χ3n) is 7.53. The summed E-state index contributed by atoms with van der Waals surface area (Å²) < 4.78 is 18.9. The second-order valence-corrected chi connectivity index (χ2v) is 10.7. The van der Waals surface area contributed by atoms with Crippen LogP contribution in [0, 0.1) is 0 Å². The number of hydrogen-bond acceptors (Lipinski definition) is 9. The van der Waals surface area contributed by atoms with E-state index < -0.39 is 0 Å². The van der Waals surface area contributed by atoms with Crippen molar-refractivity contribution in [3.05, 3.63) is 65.3 Å². The number of amides is 1. The lowest BCUT2D eigenvalue weighted by molar-refractivity contribution is -0.127. The fourth-order valence-corrected chi connectivity index (χ4v) is 5.98. The average molecular weight is 623 g/mol. The largest absolute Gasteiger partial charge is 0.495 e. The molecule has 0 unspecified atom stereocenters. The van der Waals surface area contributed by atoms with Gasteiger partial charge >= 0.3 is 0 Å². The molecule has 1 aliphatic heterocycles. The lowest BCUT2D eigenvalue weighted by Gasteiger charge is -2.33. The van der Waals surface area contributed by atoms with Crippen molar-refractivity contribution in [2.24, 2.45) is 0 Å². The summed E-state index contributed by atoms with van der Waals surface area (Å²) in [5, 5.41) is 4.58. The Kier molecular flexibility index (Phi) is 7.87. The SMILES string of the molecule is C=CC(=O)N1CCN(Cc2coc(-c3cn4c(n3)c(-c3c(Cl)c(OC)cc(OC)c3Cl)cc3cnc(NC)cc34)n2)CC1. The first-order valence-corrected chi connectivity index (χ1v) is 14.3. The zero-order valence-corrected chi connectivity index (χ0v) is 25.4. The number of imidazole rings is 1. The van der Waals surface area contributed by atoms with E-state index in [1.54, 1.807) is 23.4 Å². The van der Waals surface area contributed by atoms with Crippen LogP contribution in [0.15, 0.2) is 53.9 Å². The summed E-state index contributed by atoms with van der Waals surface area (Å²) in [7, 11) is 4.88. The molecule has 1 amide bonds. The van der Waals surface area contributed by atoms with E-state index in [-0.39, 0.29) is 5.91 Å². The molecule has 1 saturated heterocycles. The van der Waals surface area contributed by atoms with Crippen molar-refractivity contribution < 1.29 is 18.7 Å². The summed E-state index contributed by atoms with van der Waals surface area (Å²) in [6.45, 7) is 6.92. The molecule has 0 atom stereocenters. The van der Waals surface area contributed by atoms with Gasteiger partial charge in [0, 0.05) is 80.8 Å². The summed E-state index contributed by atoms with van der Waals surface area (Å²) in [6, 6.07) is 5.53. The van der Waals surface area contributed by atoms with E-state index in [1.165, 1.54) is 20.3 Å². The zero-order valence-electron chi connectivity index (χ0n) is 23.9. The van der Waals surface area contributed by atoms with Crippen LogP contribution in [-0.4, -0.2) is 82.5 Å². The minimum absolute atomic E-state index is 0.0466. The first-order chi connectivity index (χ1) is 20.8. The molecule has 11 nitrogen and oxygen atoms in total. The maximum Gasteiger partial charge on any atom is 0.246 e. The van der Waals surface area contributed by atoms with Crippen molar-refractivity contribution in [2.75, 3.05) is 52.8 Å². The summed E-state index contributed by atoms with van der Waals surface area (Å²) in [4.78, 5) is 30.1. The van der Waals surface area contributed by atoms with Crippen LogP contribution in [0.3, 0.4) is 0 Å². The molecule has 0 saturated carbocycles. The molecule has 4 aromatic heterocycles. The Bertz CT molecular complexity index is 1830. The summed E-state index contributed by atoms with van der Waals surface area (Å²) in [6.07, 6.45) is 6.64. The maximum absolute atomic E-state index is 11.9. The van der Waals surface area contributed by atoms with Gasteiger partial charge < -0.3 is 24.1 Å². The number of methoxy groups -OCH3 is 2. The van der Waals surface area contributed by atoms with E-state index in [4.69, 9.17) is 47.1 Å². The third-order valence-corrected chi connectivity index (χ3v) is 8.28. The number of carbonyl (C=O) groups excluding carboxylic acids is 1. The number of oxazole rings is 1. The van der Waals surface area contributed by atoms with Gasteiger partial charge in [-0.2, -0.15) is 0 Å². The number of aromatic nitrogens is 4. The lowest BCUT2D eigenvalue weighted by atomic mass is 10.0. The predicted octanol–water partition coefficient (Wildman–Crippen LogP) is 5.40. The quantitative estimate of drug-likeness (QED) is 0.228. The molecule has 13 heteroatoms. The Morgan fingerprint density at radius 1 is 1.09 bits per heavy atom. The highest BCUT2D eigenvalue weighted by Crippen LogP contribution is 2.47. The number of anilines is 1. The van der Waals surface area contributed by atoms with E-state index in [9.17, 15) is 4.79 Å². The number of halogens is 2. The first-order valence-electron chi connectivity index (χ1n) is 13.5. The van der Waals surface area contributed by atoms with Crippen LogP contribution in [0.1, 0.15) is 5.69 Å². The molecule has 0 radical (unpaired) electrons. The Hall–Kier alpha value is -4.32. The number of ether oxygens (including phenoxy) is 2. The van der Waals surface area contributed by atoms with Crippen molar-refractivity contribution in [1.29, 1.82) is 0 Å². The molecule has 0 spiro atoms. The van der Waals surface area contributed by atoms with Gasteiger partial charge in [-0.25, -0.2) is 15.0 Å². The van der Waals surface area contributed by atoms with Gasteiger partial charge in [0.2, 0.25) is 11.8 Å². The molecular formula is C30H29Cl2N7O4.